The summed E-state index contributed by atoms with van der Waals surface area (Å²) in [4.78, 5) is 15.4. The second-order valence-corrected chi connectivity index (χ2v) is 5.93. The van der Waals surface area contributed by atoms with Gasteiger partial charge >= 0.3 is 5.97 Å². The molecular weight excluding hydrogens is 370 g/mol. The minimum atomic E-state index is -0.320. The van der Waals surface area contributed by atoms with E-state index in [9.17, 15) is 4.79 Å². The molecule has 2 aromatic rings. The first-order chi connectivity index (χ1) is 10.6. The Bertz CT molecular complexity index is 688. The first-order valence-corrected chi connectivity index (χ1v) is 7.93. The van der Waals surface area contributed by atoms with Crippen molar-refractivity contribution in [2.24, 2.45) is 5.10 Å². The molecule has 0 fully saturated rings. The zero-order chi connectivity index (χ0) is 15.9. The molecule has 0 spiro atoms. The third-order valence-corrected chi connectivity index (χ3v) is 3.95. The third kappa shape index (κ3) is 4.54. The first-order valence-electron chi connectivity index (χ1n) is 6.26. The molecule has 0 aliphatic carbocycles. The molecule has 0 atom stereocenters. The minimum Gasteiger partial charge on any atom is -0.496 e. The van der Waals surface area contributed by atoms with Gasteiger partial charge in [0.05, 0.1) is 32.5 Å². The molecule has 0 bridgehead atoms. The number of benzene rings is 1. The fourth-order valence-electron chi connectivity index (χ4n) is 1.62. The molecule has 1 N–H and O–H groups in total. The van der Waals surface area contributed by atoms with Crippen molar-refractivity contribution < 1.29 is 14.3 Å². The minimum absolute atomic E-state index is 0.151. The smallest absolute Gasteiger partial charge is 0.311 e. The number of ether oxygens (including phenoxy) is 2. The van der Waals surface area contributed by atoms with Crippen molar-refractivity contribution in [2.75, 3.05) is 19.6 Å². The normalized spacial score (nSPS) is 10.7. The second kappa shape index (κ2) is 7.90. The van der Waals surface area contributed by atoms with Crippen LogP contribution in [0.1, 0.15) is 11.3 Å². The van der Waals surface area contributed by atoms with Crippen LogP contribution in [0, 0.1) is 0 Å². The van der Waals surface area contributed by atoms with E-state index < -0.39 is 0 Å². The van der Waals surface area contributed by atoms with Crippen LogP contribution in [0.2, 0.25) is 0 Å². The molecule has 2 rings (SSSR count). The highest BCUT2D eigenvalue weighted by molar-refractivity contribution is 9.10. The van der Waals surface area contributed by atoms with E-state index in [-0.39, 0.29) is 12.4 Å². The maximum Gasteiger partial charge on any atom is 0.311 e. The Morgan fingerprint density at radius 1 is 1.50 bits per heavy atom. The summed E-state index contributed by atoms with van der Waals surface area (Å²) in [5.74, 6) is 0.401. The molecule has 0 radical (unpaired) electrons. The van der Waals surface area contributed by atoms with Gasteiger partial charge in [-0.05, 0) is 18.2 Å². The van der Waals surface area contributed by atoms with Crippen LogP contribution < -0.4 is 10.2 Å². The Kier molecular flexibility index (Phi) is 5.91. The van der Waals surface area contributed by atoms with Crippen LogP contribution >= 0.6 is 27.3 Å². The quantitative estimate of drug-likeness (QED) is 0.471. The molecule has 0 unspecified atom stereocenters. The highest BCUT2D eigenvalue weighted by atomic mass is 79.9. The number of carbonyl (C=O) groups excluding carboxylic acids is 1. The molecule has 1 heterocycles. The van der Waals surface area contributed by atoms with Crippen LogP contribution in [0.25, 0.3) is 0 Å². The van der Waals surface area contributed by atoms with Crippen LogP contribution in [0.15, 0.2) is 33.2 Å². The van der Waals surface area contributed by atoms with E-state index in [0.717, 1.165) is 15.8 Å². The van der Waals surface area contributed by atoms with E-state index in [1.807, 2.05) is 18.2 Å². The summed E-state index contributed by atoms with van der Waals surface area (Å²) in [7, 11) is 2.96. The van der Waals surface area contributed by atoms with Gasteiger partial charge in [0.25, 0.3) is 0 Å². The van der Waals surface area contributed by atoms with Crippen molar-refractivity contribution in [3.63, 3.8) is 0 Å². The highest BCUT2D eigenvalue weighted by Crippen LogP contribution is 2.21. The molecule has 0 saturated carbocycles. The summed E-state index contributed by atoms with van der Waals surface area (Å²) < 4.78 is 10.8. The fourth-order valence-corrected chi connectivity index (χ4v) is 2.66. The molecule has 22 heavy (non-hydrogen) atoms. The number of nitrogens with one attached hydrogen (secondary N) is 1. The van der Waals surface area contributed by atoms with Gasteiger partial charge in [-0.15, -0.1) is 11.3 Å². The van der Waals surface area contributed by atoms with E-state index in [1.165, 1.54) is 18.4 Å². The van der Waals surface area contributed by atoms with Crippen molar-refractivity contribution in [1.82, 2.24) is 4.98 Å². The topological polar surface area (TPSA) is 72.8 Å². The summed E-state index contributed by atoms with van der Waals surface area (Å²) in [6, 6.07) is 5.64. The maximum absolute atomic E-state index is 11.2. The largest absolute Gasteiger partial charge is 0.496 e. The molecule has 1 aromatic heterocycles. The average Bonchev–Trinajstić information content (AvgIpc) is 2.95. The molecule has 0 aliphatic rings. The van der Waals surface area contributed by atoms with Gasteiger partial charge in [0, 0.05) is 15.4 Å². The number of carbonyl (C=O) groups is 1. The number of nitrogens with zero attached hydrogens (tertiary/aromatic N) is 2. The lowest BCUT2D eigenvalue weighted by molar-refractivity contribution is -0.139. The van der Waals surface area contributed by atoms with Crippen molar-refractivity contribution >= 4 is 44.6 Å². The Labute approximate surface area is 140 Å². The fraction of sp³-hybridized carbons (Fsp3) is 0.214. The van der Waals surface area contributed by atoms with E-state index >= 15 is 0 Å². The number of hydrazone groups is 1. The van der Waals surface area contributed by atoms with E-state index in [2.05, 4.69) is 36.2 Å². The molecule has 6 nitrogen and oxygen atoms in total. The number of thiazole rings is 1. The van der Waals surface area contributed by atoms with Crippen LogP contribution in [0.5, 0.6) is 5.75 Å². The lowest BCUT2D eigenvalue weighted by Crippen LogP contribution is -2.04. The lowest BCUT2D eigenvalue weighted by Gasteiger charge is -2.04. The van der Waals surface area contributed by atoms with E-state index in [4.69, 9.17) is 4.74 Å². The first kappa shape index (κ1) is 16.4. The summed E-state index contributed by atoms with van der Waals surface area (Å²) in [6.45, 7) is 0. The van der Waals surface area contributed by atoms with Gasteiger partial charge in [-0.2, -0.15) is 5.10 Å². The van der Waals surface area contributed by atoms with Crippen molar-refractivity contribution in [1.29, 1.82) is 0 Å². The molecule has 0 saturated heterocycles. The monoisotopic (exact) mass is 383 g/mol. The van der Waals surface area contributed by atoms with Gasteiger partial charge < -0.3 is 9.47 Å². The predicted octanol–water partition coefficient (Wildman–Crippen LogP) is 3.08. The number of anilines is 1. The average molecular weight is 384 g/mol. The van der Waals surface area contributed by atoms with Gasteiger partial charge in [-0.25, -0.2) is 4.98 Å². The van der Waals surface area contributed by atoms with Crippen molar-refractivity contribution in [2.45, 2.75) is 6.42 Å². The van der Waals surface area contributed by atoms with Crippen LogP contribution in [0.3, 0.4) is 0 Å². The van der Waals surface area contributed by atoms with Crippen LogP contribution in [0.4, 0.5) is 5.13 Å². The SMILES string of the molecule is COC(=O)Cc1csc(N/N=C\c2cc(Br)ccc2OC)n1. The van der Waals surface area contributed by atoms with Gasteiger partial charge in [-0.1, -0.05) is 15.9 Å². The Morgan fingerprint density at radius 3 is 3.05 bits per heavy atom. The number of hydrogen-bond acceptors (Lipinski definition) is 7. The number of aromatic nitrogens is 1. The molecule has 0 aliphatic heterocycles. The standard InChI is InChI=1S/C14H14BrN3O3S/c1-20-12-4-3-10(15)5-9(12)7-16-18-14-17-11(8-22-14)6-13(19)21-2/h3-5,7-8H,6H2,1-2H3,(H,17,18)/b16-7-. The molecule has 1 aromatic carbocycles. The van der Waals surface area contributed by atoms with Gasteiger partial charge in [0.15, 0.2) is 0 Å². The van der Waals surface area contributed by atoms with E-state index in [0.29, 0.717) is 10.8 Å². The Hall–Kier alpha value is -1.93. The molecule has 8 heteroatoms. The molecular formula is C14H14BrN3O3S. The van der Waals surface area contributed by atoms with Crippen molar-refractivity contribution in [3.8, 4) is 5.75 Å². The molecule has 0 amide bonds. The predicted molar refractivity (Wildman–Crippen MR) is 89.7 cm³/mol. The van der Waals surface area contributed by atoms with E-state index in [1.54, 1.807) is 18.7 Å². The zero-order valence-corrected chi connectivity index (χ0v) is 14.4. The third-order valence-electron chi connectivity index (χ3n) is 2.66. The van der Waals surface area contributed by atoms with Crippen LogP contribution in [-0.2, 0) is 16.0 Å². The highest BCUT2D eigenvalue weighted by Gasteiger charge is 2.07. The number of rotatable bonds is 6. The summed E-state index contributed by atoms with van der Waals surface area (Å²) in [5, 5.41) is 6.52. The van der Waals surface area contributed by atoms with Crippen molar-refractivity contribution in [3.05, 3.63) is 39.3 Å². The summed E-state index contributed by atoms with van der Waals surface area (Å²) in [6.07, 6.45) is 1.79. The second-order valence-electron chi connectivity index (χ2n) is 4.15. The summed E-state index contributed by atoms with van der Waals surface area (Å²) in [5.41, 5.74) is 4.31. The number of methoxy groups -OCH3 is 2. The number of esters is 1. The summed E-state index contributed by atoms with van der Waals surface area (Å²) >= 11 is 4.77. The number of hydrogen-bond donors (Lipinski definition) is 1. The van der Waals surface area contributed by atoms with Gasteiger partial charge in [0.1, 0.15) is 5.75 Å². The maximum atomic E-state index is 11.2. The zero-order valence-electron chi connectivity index (χ0n) is 12.0. The number of halogens is 1. The van der Waals surface area contributed by atoms with Crippen LogP contribution in [-0.4, -0.2) is 31.4 Å². The Morgan fingerprint density at radius 2 is 2.32 bits per heavy atom. The van der Waals surface area contributed by atoms with Gasteiger partial charge in [-0.3, -0.25) is 10.2 Å². The Balaban J connectivity index is 2.01. The molecule has 116 valence electrons. The van der Waals surface area contributed by atoms with Gasteiger partial charge in [0.2, 0.25) is 5.13 Å². The lowest BCUT2D eigenvalue weighted by atomic mass is 10.2.